The average Bonchev–Trinajstić information content (AvgIpc) is 3.40. The zero-order valence-corrected chi connectivity index (χ0v) is 20.1. The highest BCUT2D eigenvalue weighted by Gasteiger charge is 2.25. The number of nitrogens with one attached hydrogen (secondary N) is 1. The highest BCUT2D eigenvalue weighted by Crippen LogP contribution is 2.36. The second-order valence-electron chi connectivity index (χ2n) is 7.55. The van der Waals surface area contributed by atoms with Crippen LogP contribution in [-0.2, 0) is 19.4 Å². The number of aliphatic imine (C=N–C) groups is 1. The molecule has 1 aliphatic heterocycles. The third-order valence-corrected chi connectivity index (χ3v) is 7.16. The van der Waals surface area contributed by atoms with Crippen molar-refractivity contribution in [3.63, 3.8) is 0 Å². The molecule has 1 aliphatic rings. The Hall–Kier alpha value is -2.98. The molecule has 10 heteroatoms. The lowest BCUT2D eigenvalue weighted by molar-refractivity contribution is -0.144. The van der Waals surface area contributed by atoms with Gasteiger partial charge in [-0.15, -0.1) is 0 Å². The van der Waals surface area contributed by atoms with Gasteiger partial charge in [-0.3, -0.25) is 9.79 Å². The number of carbonyl (C=O) groups is 1. The van der Waals surface area contributed by atoms with E-state index in [0.717, 1.165) is 34.3 Å². The molecule has 0 saturated heterocycles. The van der Waals surface area contributed by atoms with Crippen LogP contribution in [0.15, 0.2) is 52.4 Å². The predicted molar refractivity (Wildman–Crippen MR) is 128 cm³/mol. The van der Waals surface area contributed by atoms with Crippen LogP contribution in [0.25, 0.3) is 10.9 Å². The van der Waals surface area contributed by atoms with Crippen molar-refractivity contribution in [3.05, 3.63) is 48.2 Å². The van der Waals surface area contributed by atoms with Gasteiger partial charge in [-0.25, -0.2) is 8.42 Å². The number of nitrogens with zero attached hydrogens (tertiary/aromatic N) is 1. The van der Waals surface area contributed by atoms with Gasteiger partial charge in [-0.1, -0.05) is 18.7 Å². The van der Waals surface area contributed by atoms with Gasteiger partial charge in [-0.2, -0.15) is 0 Å². The van der Waals surface area contributed by atoms with E-state index in [9.17, 15) is 13.2 Å². The first-order valence-corrected chi connectivity index (χ1v) is 13.1. The van der Waals surface area contributed by atoms with Gasteiger partial charge in [0.15, 0.2) is 15.3 Å². The normalized spacial score (nSPS) is 16.0. The van der Waals surface area contributed by atoms with E-state index in [2.05, 4.69) is 9.98 Å². The summed E-state index contributed by atoms with van der Waals surface area (Å²) >= 11 is 1.41. The van der Waals surface area contributed by atoms with Crippen LogP contribution in [0.2, 0.25) is 0 Å². The summed E-state index contributed by atoms with van der Waals surface area (Å²) in [6, 6.07) is 11.8. The summed E-state index contributed by atoms with van der Waals surface area (Å²) in [6.07, 6.45) is 2.31. The number of H-pyrrole nitrogens is 1. The number of ether oxygens (including phenoxy) is 3. The second-order valence-corrected chi connectivity index (χ2v) is 10.7. The Morgan fingerprint density at radius 3 is 2.61 bits per heavy atom. The SMILES string of the molecule is CCCC(=O)OC1CN=C(c2cc3cc(Oc4ccc(S(C)(=O)=O)cc4)cc(OC)c3[nH]2)S1. The molecular formula is C23H24N2O6S2. The average molecular weight is 489 g/mol. The van der Waals surface area contributed by atoms with E-state index in [0.29, 0.717) is 30.2 Å². The lowest BCUT2D eigenvalue weighted by atomic mass is 10.2. The maximum atomic E-state index is 11.8. The first kappa shape index (κ1) is 23.2. The quantitative estimate of drug-likeness (QED) is 0.464. The Kier molecular flexibility index (Phi) is 6.66. The molecular weight excluding hydrogens is 464 g/mol. The monoisotopic (exact) mass is 488 g/mol. The maximum Gasteiger partial charge on any atom is 0.306 e. The summed E-state index contributed by atoms with van der Waals surface area (Å²) in [7, 11) is -1.70. The lowest BCUT2D eigenvalue weighted by Crippen LogP contribution is -2.15. The topological polar surface area (TPSA) is 107 Å². The van der Waals surface area contributed by atoms with Crippen LogP contribution in [-0.4, -0.2) is 49.8 Å². The van der Waals surface area contributed by atoms with E-state index in [1.807, 2.05) is 19.1 Å². The van der Waals surface area contributed by atoms with Crippen molar-refractivity contribution in [2.45, 2.75) is 30.1 Å². The van der Waals surface area contributed by atoms with Crippen LogP contribution in [0.4, 0.5) is 0 Å². The van der Waals surface area contributed by atoms with Crippen LogP contribution in [0.3, 0.4) is 0 Å². The van der Waals surface area contributed by atoms with Gasteiger partial charge in [0.2, 0.25) is 0 Å². The standard InChI is InChI=1S/C23H24N2O6S2/c1-4-5-20(26)31-21-13-24-23(32-21)18-11-14-10-16(12-19(29-2)22(14)25-18)30-15-6-8-17(9-7-15)33(3,27)28/h6-12,21,25H,4-5,13H2,1-3H3. The third-order valence-electron chi connectivity index (χ3n) is 4.95. The molecule has 1 unspecified atom stereocenters. The highest BCUT2D eigenvalue weighted by molar-refractivity contribution is 8.15. The highest BCUT2D eigenvalue weighted by atomic mass is 32.2. The minimum absolute atomic E-state index is 0.212. The zero-order valence-electron chi connectivity index (χ0n) is 18.5. The van der Waals surface area contributed by atoms with Gasteiger partial charge in [-0.05, 0) is 42.8 Å². The molecule has 1 atom stereocenters. The number of methoxy groups -OCH3 is 1. The fourth-order valence-corrected chi connectivity index (χ4v) is 4.96. The molecule has 0 saturated carbocycles. The maximum absolute atomic E-state index is 11.8. The molecule has 4 rings (SSSR count). The molecule has 2 heterocycles. The van der Waals surface area contributed by atoms with E-state index < -0.39 is 9.84 Å². The van der Waals surface area contributed by atoms with Crippen molar-refractivity contribution >= 4 is 43.5 Å². The number of thioether (sulfide) groups is 1. The van der Waals surface area contributed by atoms with E-state index >= 15 is 0 Å². The van der Waals surface area contributed by atoms with Crippen LogP contribution >= 0.6 is 11.8 Å². The van der Waals surface area contributed by atoms with Gasteiger partial charge >= 0.3 is 5.97 Å². The number of fused-ring (bicyclic) bond motifs is 1. The fraction of sp³-hybridized carbons (Fsp3) is 0.304. The molecule has 1 N–H and O–H groups in total. The Balaban J connectivity index is 1.54. The molecule has 0 fully saturated rings. The van der Waals surface area contributed by atoms with Crippen molar-refractivity contribution in [1.29, 1.82) is 0 Å². The second kappa shape index (κ2) is 9.48. The van der Waals surface area contributed by atoms with Crippen molar-refractivity contribution in [1.82, 2.24) is 4.98 Å². The summed E-state index contributed by atoms with van der Waals surface area (Å²) < 4.78 is 40.2. The number of aromatic nitrogens is 1. The van der Waals surface area contributed by atoms with Crippen LogP contribution in [0.1, 0.15) is 25.5 Å². The number of rotatable bonds is 8. The van der Waals surface area contributed by atoms with Crippen molar-refractivity contribution in [3.8, 4) is 17.2 Å². The molecule has 0 bridgehead atoms. The number of esters is 1. The van der Waals surface area contributed by atoms with Gasteiger partial charge < -0.3 is 19.2 Å². The Morgan fingerprint density at radius 1 is 1.18 bits per heavy atom. The molecule has 33 heavy (non-hydrogen) atoms. The predicted octanol–water partition coefficient (Wildman–Crippen LogP) is 4.54. The minimum Gasteiger partial charge on any atom is -0.494 e. The molecule has 0 aliphatic carbocycles. The minimum atomic E-state index is -3.27. The molecule has 0 radical (unpaired) electrons. The Labute approximate surface area is 196 Å². The van der Waals surface area contributed by atoms with Gasteiger partial charge in [0.1, 0.15) is 22.3 Å². The number of benzene rings is 2. The summed E-state index contributed by atoms with van der Waals surface area (Å²) in [5.74, 6) is 1.43. The van der Waals surface area contributed by atoms with Crippen molar-refractivity contribution in [2.24, 2.45) is 4.99 Å². The third kappa shape index (κ3) is 5.33. The van der Waals surface area contributed by atoms with Gasteiger partial charge in [0, 0.05) is 24.1 Å². The number of hydrogen-bond acceptors (Lipinski definition) is 8. The summed E-state index contributed by atoms with van der Waals surface area (Å²) in [5, 5.41) is 1.63. The molecule has 0 spiro atoms. The first-order valence-electron chi connectivity index (χ1n) is 10.4. The molecule has 3 aromatic rings. The summed E-state index contributed by atoms with van der Waals surface area (Å²) in [6.45, 7) is 2.35. The molecule has 8 nitrogen and oxygen atoms in total. The number of sulfone groups is 1. The number of hydrogen-bond donors (Lipinski definition) is 1. The smallest absolute Gasteiger partial charge is 0.306 e. The Morgan fingerprint density at radius 2 is 1.94 bits per heavy atom. The van der Waals surface area contributed by atoms with Crippen molar-refractivity contribution < 1.29 is 27.4 Å². The zero-order chi connectivity index (χ0) is 23.6. The van der Waals surface area contributed by atoms with Gasteiger partial charge in [0.05, 0.1) is 29.8 Å². The van der Waals surface area contributed by atoms with E-state index in [1.165, 1.54) is 23.9 Å². The number of carbonyl (C=O) groups excluding carboxylic acids is 1. The Bertz CT molecular complexity index is 1310. The summed E-state index contributed by atoms with van der Waals surface area (Å²) in [4.78, 5) is 19.8. The van der Waals surface area contributed by atoms with E-state index in [-0.39, 0.29) is 16.3 Å². The van der Waals surface area contributed by atoms with E-state index in [1.54, 1.807) is 25.3 Å². The number of aromatic amines is 1. The molecule has 2 aromatic carbocycles. The van der Waals surface area contributed by atoms with Crippen molar-refractivity contribution in [2.75, 3.05) is 19.9 Å². The molecule has 0 amide bonds. The van der Waals surface area contributed by atoms with E-state index in [4.69, 9.17) is 14.2 Å². The largest absolute Gasteiger partial charge is 0.494 e. The molecule has 1 aromatic heterocycles. The fourth-order valence-electron chi connectivity index (χ4n) is 3.39. The van der Waals surface area contributed by atoms with Crippen LogP contribution in [0, 0.1) is 0 Å². The van der Waals surface area contributed by atoms with Crippen LogP contribution in [0.5, 0.6) is 17.2 Å². The lowest BCUT2D eigenvalue weighted by Gasteiger charge is -2.09. The molecule has 174 valence electrons. The first-order chi connectivity index (χ1) is 15.8. The van der Waals surface area contributed by atoms with Gasteiger partial charge in [0.25, 0.3) is 0 Å². The summed E-state index contributed by atoms with van der Waals surface area (Å²) in [5.41, 5.74) is 1.28. The van der Waals surface area contributed by atoms with Crippen LogP contribution < -0.4 is 9.47 Å².